The number of nitrogens with zero attached hydrogens (tertiary/aromatic N) is 1. The summed E-state index contributed by atoms with van der Waals surface area (Å²) < 4.78 is 0. The minimum Gasteiger partial charge on any atom is -0.329 e. The van der Waals surface area contributed by atoms with Gasteiger partial charge in [-0.1, -0.05) is 36.8 Å². The van der Waals surface area contributed by atoms with Crippen molar-refractivity contribution in [3.63, 3.8) is 0 Å². The lowest BCUT2D eigenvalue weighted by Gasteiger charge is -2.45. The van der Waals surface area contributed by atoms with Crippen molar-refractivity contribution >= 4 is 0 Å². The molecule has 2 rings (SSSR count). The fourth-order valence-corrected chi connectivity index (χ4v) is 3.22. The number of aryl methyl sites for hydroxylation is 1. The van der Waals surface area contributed by atoms with Crippen LogP contribution in [0.15, 0.2) is 30.3 Å². The van der Waals surface area contributed by atoms with Gasteiger partial charge in [0.25, 0.3) is 0 Å². The second kappa shape index (κ2) is 7.39. The van der Waals surface area contributed by atoms with E-state index in [1.54, 1.807) is 0 Å². The van der Waals surface area contributed by atoms with E-state index in [9.17, 15) is 0 Å². The molecule has 3 N–H and O–H groups in total. The number of hydrogen-bond acceptors (Lipinski definition) is 3. The first-order chi connectivity index (χ1) is 10.0. The van der Waals surface area contributed by atoms with Gasteiger partial charge in [-0.05, 0) is 52.0 Å². The number of rotatable bonds is 6. The zero-order chi connectivity index (χ0) is 15.3. The van der Waals surface area contributed by atoms with Crippen molar-refractivity contribution in [2.45, 2.75) is 70.5 Å². The molecular weight excluding hydrogens is 258 g/mol. The third-order valence-corrected chi connectivity index (χ3v) is 4.85. The van der Waals surface area contributed by atoms with Crippen molar-refractivity contribution in [2.75, 3.05) is 6.54 Å². The Morgan fingerprint density at radius 1 is 1.19 bits per heavy atom. The number of nitrogens with two attached hydrogens (primary N) is 1. The standard InChI is InChI=1S/C18H31N3/c1-15-8-7-9-16(2)21(15)20-18(3,14-19)13-12-17-10-5-4-6-11-17/h4-6,10-11,15-16,20H,7-9,12-14,19H2,1-3H3. The highest BCUT2D eigenvalue weighted by molar-refractivity contribution is 5.15. The fourth-order valence-electron chi connectivity index (χ4n) is 3.22. The number of piperidine rings is 1. The lowest BCUT2D eigenvalue weighted by Crippen LogP contribution is -2.62. The molecule has 1 aliphatic heterocycles. The number of hydrogen-bond donors (Lipinski definition) is 2. The highest BCUT2D eigenvalue weighted by atomic mass is 15.6. The summed E-state index contributed by atoms with van der Waals surface area (Å²) in [4.78, 5) is 0. The van der Waals surface area contributed by atoms with Gasteiger partial charge >= 0.3 is 0 Å². The Morgan fingerprint density at radius 3 is 2.38 bits per heavy atom. The molecule has 1 saturated heterocycles. The summed E-state index contributed by atoms with van der Waals surface area (Å²) in [5, 5.41) is 2.45. The maximum atomic E-state index is 6.09. The van der Waals surface area contributed by atoms with Crippen molar-refractivity contribution in [1.82, 2.24) is 10.4 Å². The molecule has 0 aliphatic carbocycles. The SMILES string of the molecule is CC1CCCC(C)N1NC(C)(CN)CCc1ccccc1. The quantitative estimate of drug-likeness (QED) is 0.845. The van der Waals surface area contributed by atoms with Gasteiger partial charge in [-0.2, -0.15) is 0 Å². The molecule has 0 bridgehead atoms. The van der Waals surface area contributed by atoms with Crippen molar-refractivity contribution in [3.8, 4) is 0 Å². The van der Waals surface area contributed by atoms with E-state index < -0.39 is 0 Å². The average molecular weight is 289 g/mol. The monoisotopic (exact) mass is 289 g/mol. The summed E-state index contributed by atoms with van der Waals surface area (Å²) in [5.41, 5.74) is 11.2. The molecule has 118 valence electrons. The van der Waals surface area contributed by atoms with Crippen LogP contribution >= 0.6 is 0 Å². The van der Waals surface area contributed by atoms with Crippen molar-refractivity contribution in [2.24, 2.45) is 5.73 Å². The van der Waals surface area contributed by atoms with Crippen molar-refractivity contribution in [3.05, 3.63) is 35.9 Å². The minimum absolute atomic E-state index is 0.0320. The smallest absolute Gasteiger partial charge is 0.0423 e. The Bertz CT molecular complexity index is 410. The molecule has 21 heavy (non-hydrogen) atoms. The highest BCUT2D eigenvalue weighted by Crippen LogP contribution is 2.23. The molecule has 3 atom stereocenters. The molecule has 1 aliphatic rings. The molecule has 3 heteroatoms. The minimum atomic E-state index is -0.0320. The predicted octanol–water partition coefficient (Wildman–Crippen LogP) is 3.10. The summed E-state index contributed by atoms with van der Waals surface area (Å²) in [7, 11) is 0. The maximum absolute atomic E-state index is 6.09. The molecule has 1 heterocycles. The maximum Gasteiger partial charge on any atom is 0.0423 e. The summed E-state index contributed by atoms with van der Waals surface area (Å²) in [6.07, 6.45) is 6.01. The highest BCUT2D eigenvalue weighted by Gasteiger charge is 2.31. The molecule has 1 fully saturated rings. The normalized spacial score (nSPS) is 26.5. The molecule has 0 saturated carbocycles. The first kappa shape index (κ1) is 16.5. The van der Waals surface area contributed by atoms with Gasteiger partial charge in [-0.15, -0.1) is 0 Å². The topological polar surface area (TPSA) is 41.3 Å². The van der Waals surface area contributed by atoms with E-state index >= 15 is 0 Å². The Balaban J connectivity index is 1.96. The number of benzene rings is 1. The second-order valence-corrected chi connectivity index (χ2v) is 6.90. The zero-order valence-electron chi connectivity index (χ0n) is 13.8. The molecule has 0 spiro atoms. The van der Waals surface area contributed by atoms with Gasteiger partial charge < -0.3 is 5.73 Å². The first-order valence-electron chi connectivity index (χ1n) is 8.34. The molecule has 3 unspecified atom stereocenters. The fraction of sp³-hybridized carbons (Fsp3) is 0.667. The Labute approximate surface area is 129 Å². The lowest BCUT2D eigenvalue weighted by molar-refractivity contribution is 0.00442. The number of hydrazine groups is 1. The summed E-state index contributed by atoms with van der Waals surface area (Å²) >= 11 is 0. The van der Waals surface area contributed by atoms with E-state index in [0.29, 0.717) is 18.6 Å². The van der Waals surface area contributed by atoms with Crippen LogP contribution in [0.25, 0.3) is 0 Å². The number of nitrogens with one attached hydrogen (secondary N) is 1. The largest absolute Gasteiger partial charge is 0.329 e. The van der Waals surface area contributed by atoms with E-state index in [0.717, 1.165) is 12.8 Å². The van der Waals surface area contributed by atoms with E-state index in [1.807, 2.05) is 0 Å². The summed E-state index contributed by atoms with van der Waals surface area (Å²) in [6, 6.07) is 11.9. The Kier molecular flexibility index (Phi) is 5.80. The Hall–Kier alpha value is -0.900. The van der Waals surface area contributed by atoms with E-state index in [-0.39, 0.29) is 5.54 Å². The van der Waals surface area contributed by atoms with E-state index in [2.05, 4.69) is 61.5 Å². The molecule has 0 aromatic heterocycles. The molecule has 1 aromatic carbocycles. The van der Waals surface area contributed by atoms with Crippen molar-refractivity contribution < 1.29 is 0 Å². The van der Waals surface area contributed by atoms with Crippen LogP contribution in [0.5, 0.6) is 0 Å². The van der Waals surface area contributed by atoms with Gasteiger partial charge in [-0.25, -0.2) is 10.4 Å². The van der Waals surface area contributed by atoms with Gasteiger partial charge in [0.1, 0.15) is 0 Å². The van der Waals surface area contributed by atoms with Crippen LogP contribution in [0.2, 0.25) is 0 Å². The van der Waals surface area contributed by atoms with Gasteiger partial charge in [0.15, 0.2) is 0 Å². The third kappa shape index (κ3) is 4.53. The van der Waals surface area contributed by atoms with Crippen LogP contribution < -0.4 is 11.2 Å². The third-order valence-electron chi connectivity index (χ3n) is 4.85. The van der Waals surface area contributed by atoms with Gasteiger partial charge in [-0.3, -0.25) is 0 Å². The van der Waals surface area contributed by atoms with Crippen LogP contribution in [0.4, 0.5) is 0 Å². The first-order valence-corrected chi connectivity index (χ1v) is 8.34. The predicted molar refractivity (Wildman–Crippen MR) is 90.0 cm³/mol. The van der Waals surface area contributed by atoms with Crippen LogP contribution in [0, 0.1) is 0 Å². The lowest BCUT2D eigenvalue weighted by atomic mass is 9.93. The Morgan fingerprint density at radius 2 is 1.81 bits per heavy atom. The molecular formula is C18H31N3. The zero-order valence-corrected chi connectivity index (χ0v) is 13.8. The van der Waals surface area contributed by atoms with Crippen LogP contribution in [0.1, 0.15) is 52.0 Å². The second-order valence-electron chi connectivity index (χ2n) is 6.90. The van der Waals surface area contributed by atoms with Crippen LogP contribution in [-0.2, 0) is 6.42 Å². The summed E-state index contributed by atoms with van der Waals surface area (Å²) in [6.45, 7) is 7.55. The summed E-state index contributed by atoms with van der Waals surface area (Å²) in [5.74, 6) is 0. The van der Waals surface area contributed by atoms with Crippen LogP contribution in [0.3, 0.4) is 0 Å². The van der Waals surface area contributed by atoms with E-state index in [1.165, 1.54) is 24.8 Å². The van der Waals surface area contributed by atoms with E-state index in [4.69, 9.17) is 5.73 Å². The molecule has 0 radical (unpaired) electrons. The average Bonchev–Trinajstić information content (AvgIpc) is 2.50. The molecule has 1 aromatic rings. The van der Waals surface area contributed by atoms with Crippen molar-refractivity contribution in [1.29, 1.82) is 0 Å². The van der Waals surface area contributed by atoms with Crippen LogP contribution in [-0.4, -0.2) is 29.2 Å². The van der Waals surface area contributed by atoms with Gasteiger partial charge in [0.05, 0.1) is 0 Å². The molecule has 0 amide bonds. The molecule has 3 nitrogen and oxygen atoms in total. The van der Waals surface area contributed by atoms with Gasteiger partial charge in [0.2, 0.25) is 0 Å². The van der Waals surface area contributed by atoms with Gasteiger partial charge in [0, 0.05) is 24.2 Å².